The maximum atomic E-state index is 11.8. The van der Waals surface area contributed by atoms with E-state index in [1.54, 1.807) is 24.4 Å². The van der Waals surface area contributed by atoms with E-state index >= 15 is 0 Å². The van der Waals surface area contributed by atoms with Gasteiger partial charge in [-0.25, -0.2) is 9.59 Å². The predicted octanol–water partition coefficient (Wildman–Crippen LogP) is 3.27. The van der Waals surface area contributed by atoms with Gasteiger partial charge in [-0.2, -0.15) is 0 Å². The van der Waals surface area contributed by atoms with Gasteiger partial charge in [0.05, 0.1) is 36.4 Å². The van der Waals surface area contributed by atoms with Crippen molar-refractivity contribution in [3.05, 3.63) is 77.3 Å². The number of aromatic carboxylic acids is 2. The van der Waals surface area contributed by atoms with E-state index in [0.29, 0.717) is 22.1 Å². The van der Waals surface area contributed by atoms with Gasteiger partial charge in [-0.15, -0.1) is 0 Å². The molecule has 2 atom stereocenters. The molecule has 2 aromatic heterocycles. The Morgan fingerprint density at radius 1 is 1.11 bits per heavy atom. The fourth-order valence-electron chi connectivity index (χ4n) is 3.95. The van der Waals surface area contributed by atoms with E-state index in [-0.39, 0.29) is 41.9 Å². The Hall–Kier alpha value is -4.25. The lowest BCUT2D eigenvalue weighted by Gasteiger charge is -2.25. The summed E-state index contributed by atoms with van der Waals surface area (Å²) in [5, 5.41) is 22.4. The number of rotatable bonds is 8. The first kappa shape index (κ1) is 23.9. The zero-order valence-electron chi connectivity index (χ0n) is 18.5. The van der Waals surface area contributed by atoms with E-state index < -0.39 is 18.0 Å². The van der Waals surface area contributed by atoms with E-state index in [2.05, 4.69) is 10.3 Å². The van der Waals surface area contributed by atoms with Gasteiger partial charge >= 0.3 is 17.9 Å². The maximum absolute atomic E-state index is 11.8. The van der Waals surface area contributed by atoms with Gasteiger partial charge in [-0.05, 0) is 54.7 Å². The van der Waals surface area contributed by atoms with Gasteiger partial charge in [0.15, 0.2) is 5.11 Å². The lowest BCUT2D eigenvalue weighted by molar-refractivity contribution is -0.140. The smallest absolute Gasteiger partial charge is 0.335 e. The fourth-order valence-corrected chi connectivity index (χ4v) is 4.28. The van der Waals surface area contributed by atoms with Crippen molar-refractivity contribution in [2.75, 3.05) is 13.7 Å². The topological polar surface area (TPSA) is 142 Å². The molecule has 0 radical (unpaired) electrons. The number of carbonyl (C=O) groups is 3. The first-order valence-electron chi connectivity index (χ1n) is 10.5. The van der Waals surface area contributed by atoms with Crippen LogP contribution in [0.15, 0.2) is 59.1 Å². The maximum Gasteiger partial charge on any atom is 0.335 e. The number of carboxylic acid groups (broad SMARTS) is 2. The highest BCUT2D eigenvalue weighted by molar-refractivity contribution is 7.80. The number of pyridine rings is 1. The molecule has 1 fully saturated rings. The molecular weight excluding hydrogens is 474 g/mol. The third-order valence-corrected chi connectivity index (χ3v) is 5.96. The van der Waals surface area contributed by atoms with Crippen molar-refractivity contribution in [2.24, 2.45) is 0 Å². The van der Waals surface area contributed by atoms with Gasteiger partial charge in [0.2, 0.25) is 0 Å². The molecular formula is C24H21N3O7S. The Balaban J connectivity index is 1.74. The van der Waals surface area contributed by atoms with Crippen molar-refractivity contribution in [3.63, 3.8) is 0 Å². The Morgan fingerprint density at radius 2 is 1.83 bits per heavy atom. The average molecular weight is 496 g/mol. The fraction of sp³-hybridized carbons (Fsp3) is 0.208. The SMILES string of the molecule is COC(=O)CCN1C(=S)N[C@@H](c2ccccn2)[C@@H]1c1ccc(-c2cc(C(=O)O)cc(C(=O)O)c2)o1. The van der Waals surface area contributed by atoms with Gasteiger partial charge in [0.25, 0.3) is 0 Å². The third-order valence-electron chi connectivity index (χ3n) is 5.61. The van der Waals surface area contributed by atoms with Crippen molar-refractivity contribution < 1.29 is 33.8 Å². The summed E-state index contributed by atoms with van der Waals surface area (Å²) in [5.74, 6) is -2.13. The molecule has 35 heavy (non-hydrogen) atoms. The number of benzene rings is 1. The number of aromatic nitrogens is 1. The number of hydrogen-bond acceptors (Lipinski definition) is 7. The van der Waals surface area contributed by atoms with E-state index in [9.17, 15) is 24.6 Å². The largest absolute Gasteiger partial charge is 0.478 e. The van der Waals surface area contributed by atoms with Crippen LogP contribution in [0.2, 0.25) is 0 Å². The second-order valence-electron chi connectivity index (χ2n) is 7.76. The lowest BCUT2D eigenvalue weighted by atomic mass is 10.0. The van der Waals surface area contributed by atoms with E-state index in [1.165, 1.54) is 19.2 Å². The summed E-state index contributed by atoms with van der Waals surface area (Å²) >= 11 is 5.54. The molecule has 0 bridgehead atoms. The number of esters is 1. The molecule has 10 nitrogen and oxygen atoms in total. The summed E-state index contributed by atoms with van der Waals surface area (Å²) in [7, 11) is 1.31. The minimum Gasteiger partial charge on any atom is -0.478 e. The summed E-state index contributed by atoms with van der Waals surface area (Å²) in [6, 6.07) is 11.8. The van der Waals surface area contributed by atoms with Crippen LogP contribution in [0.3, 0.4) is 0 Å². The Labute approximate surface area is 205 Å². The molecule has 0 spiro atoms. The van der Waals surface area contributed by atoms with Gasteiger partial charge < -0.3 is 29.6 Å². The van der Waals surface area contributed by atoms with Gasteiger partial charge in [-0.3, -0.25) is 9.78 Å². The van der Waals surface area contributed by atoms with Crippen LogP contribution in [-0.2, 0) is 9.53 Å². The van der Waals surface area contributed by atoms with Crippen molar-refractivity contribution in [2.45, 2.75) is 18.5 Å². The minimum absolute atomic E-state index is 0.0972. The molecule has 1 saturated heterocycles. The summed E-state index contributed by atoms with van der Waals surface area (Å²) in [4.78, 5) is 41.0. The van der Waals surface area contributed by atoms with Gasteiger partial charge in [-0.1, -0.05) is 6.07 Å². The Kier molecular flexibility index (Phi) is 6.78. The van der Waals surface area contributed by atoms with Gasteiger partial charge in [0, 0.05) is 18.3 Å². The predicted molar refractivity (Wildman–Crippen MR) is 127 cm³/mol. The van der Waals surface area contributed by atoms with Crippen LogP contribution in [0.1, 0.15) is 50.7 Å². The summed E-state index contributed by atoms with van der Waals surface area (Å²) in [5.41, 5.74) is 0.664. The number of carbonyl (C=O) groups excluding carboxylic acids is 1. The molecule has 1 aliphatic heterocycles. The minimum atomic E-state index is -1.25. The molecule has 0 amide bonds. The first-order chi connectivity index (χ1) is 16.8. The average Bonchev–Trinajstić information content (AvgIpc) is 3.47. The molecule has 3 aromatic rings. The standard InChI is InChI=1S/C24H21N3O7S/c1-33-19(28)7-9-27-21(20(26-24(27)35)16-4-2-3-8-25-16)18-6-5-17(34-18)13-10-14(22(29)30)12-15(11-13)23(31)32/h2-6,8,10-12,20-21H,7,9H2,1H3,(H,26,35)(H,29,30)(H,31,32)/t20-,21-/m0/s1. The first-order valence-corrected chi connectivity index (χ1v) is 11.0. The van der Waals surface area contributed by atoms with E-state index in [1.807, 2.05) is 17.0 Å². The molecule has 3 N–H and O–H groups in total. The Morgan fingerprint density at radius 3 is 2.43 bits per heavy atom. The molecule has 3 heterocycles. The monoisotopic (exact) mass is 495 g/mol. The number of methoxy groups -OCH3 is 1. The van der Waals surface area contributed by atoms with Crippen molar-refractivity contribution >= 4 is 35.2 Å². The highest BCUT2D eigenvalue weighted by atomic mass is 32.1. The number of nitrogens with zero attached hydrogens (tertiary/aromatic N) is 2. The van der Waals surface area contributed by atoms with Crippen LogP contribution >= 0.6 is 12.2 Å². The lowest BCUT2D eigenvalue weighted by Crippen LogP contribution is -2.31. The normalized spacial score (nSPS) is 17.2. The van der Waals surface area contributed by atoms with Crippen molar-refractivity contribution in [1.29, 1.82) is 0 Å². The third kappa shape index (κ3) is 4.99. The van der Waals surface area contributed by atoms with Crippen LogP contribution in [0, 0.1) is 0 Å². The summed E-state index contributed by atoms with van der Waals surface area (Å²) < 4.78 is 10.9. The molecule has 180 valence electrons. The highest BCUT2D eigenvalue weighted by Crippen LogP contribution is 2.40. The number of nitrogens with one attached hydrogen (secondary N) is 1. The van der Waals surface area contributed by atoms with Gasteiger partial charge in [0.1, 0.15) is 17.6 Å². The second-order valence-corrected chi connectivity index (χ2v) is 8.14. The molecule has 4 rings (SSSR count). The summed E-state index contributed by atoms with van der Waals surface area (Å²) in [6.07, 6.45) is 1.76. The molecule has 1 aliphatic rings. The van der Waals surface area contributed by atoms with E-state index in [0.717, 1.165) is 6.07 Å². The van der Waals surface area contributed by atoms with Crippen molar-refractivity contribution in [3.8, 4) is 11.3 Å². The zero-order valence-corrected chi connectivity index (χ0v) is 19.3. The Bertz CT molecular complexity index is 1260. The molecule has 0 saturated carbocycles. The number of hydrogen-bond donors (Lipinski definition) is 3. The molecule has 0 aliphatic carbocycles. The number of carboxylic acids is 2. The quantitative estimate of drug-likeness (QED) is 0.313. The van der Waals surface area contributed by atoms with Crippen LogP contribution in [0.4, 0.5) is 0 Å². The van der Waals surface area contributed by atoms with E-state index in [4.69, 9.17) is 21.4 Å². The van der Waals surface area contributed by atoms with Crippen LogP contribution in [0.25, 0.3) is 11.3 Å². The second kappa shape index (κ2) is 9.94. The zero-order chi connectivity index (χ0) is 25.1. The molecule has 1 aromatic carbocycles. The highest BCUT2D eigenvalue weighted by Gasteiger charge is 2.41. The van der Waals surface area contributed by atoms with Crippen molar-refractivity contribution in [1.82, 2.24) is 15.2 Å². The van der Waals surface area contributed by atoms with Crippen LogP contribution in [-0.4, -0.2) is 56.8 Å². The number of furan rings is 1. The molecule has 11 heteroatoms. The van der Waals surface area contributed by atoms with Crippen LogP contribution < -0.4 is 5.32 Å². The van der Waals surface area contributed by atoms with Crippen LogP contribution in [0.5, 0.6) is 0 Å². The number of ether oxygens (including phenoxy) is 1. The summed E-state index contributed by atoms with van der Waals surface area (Å²) in [6.45, 7) is 0.264. The number of thiocarbonyl (C=S) groups is 1. The molecule has 0 unspecified atom stereocenters.